The van der Waals surface area contributed by atoms with Gasteiger partial charge < -0.3 is 50.7 Å². The van der Waals surface area contributed by atoms with E-state index in [1.807, 2.05) is 118 Å². The number of hydrogen-bond donors (Lipinski definition) is 6. The number of unbranched alkanes of at least 4 members (excludes halogenated alkanes) is 2. The number of nitrogens with zero attached hydrogens (tertiary/aromatic N) is 8. The molecule has 5 amide bonds. The summed E-state index contributed by atoms with van der Waals surface area (Å²) < 4.78 is 105. The van der Waals surface area contributed by atoms with Crippen LogP contribution in [0.2, 0.25) is 5.02 Å². The standard InChI is InChI=1S/C88H111ClF3N13O11S4/c1-60(62-17-19-64(20-18-62)80-61(2)95-59-118-80)96-84(110)77-50-72(106)56-105(77)85(111)81(86(3,4)5)98-79(107)16-11-8-12-36-93-82(108)66-23-28-69(94-53-66)55-102-39-41-103(42-40-102)58-87(6)35-33-75(63-21-26-68(89)27-22-63)67(52-87)54-101-43-45-104(46-44-101)71-29-24-65(25-30-71)83(109)99-120(114,115)74-31-32-76(78(51-74)119(112,113)88(90,91)92)97-70(57-117-73-14-9-7-10-15-73)34-38-100-37-13-48-116-49-47-100/h7,9-10,14-15,17-32,51,53,59-60,70,72,77,81,97,106H,8,11-13,16,33-50,52,54-58H2,1-6H3,(H,93,108)(H,96,110)(H,98,107)(H,99,109)/t60-,70+,72+,77-,81+,87+/m0/s1. The van der Waals surface area contributed by atoms with Gasteiger partial charge in [-0.25, -0.2) is 26.5 Å². The topological polar surface area (TPSA) is 288 Å². The largest absolute Gasteiger partial charge is 0.501 e. The monoisotopic (exact) mass is 1750 g/mol. The molecule has 6 heterocycles. The molecular formula is C88H111ClF3N13O11S4. The first-order valence-electron chi connectivity index (χ1n) is 41.3. The second-order valence-electron chi connectivity index (χ2n) is 33.5. The van der Waals surface area contributed by atoms with Gasteiger partial charge in [0.15, 0.2) is 0 Å². The number of rotatable bonds is 33. The van der Waals surface area contributed by atoms with Crippen LogP contribution in [0.25, 0.3) is 16.0 Å². The minimum Gasteiger partial charge on any atom is -0.391 e. The average molecular weight is 1750 g/mol. The first-order chi connectivity index (χ1) is 57.2. The Balaban J connectivity index is 0.570. The molecule has 4 fully saturated rings. The number of aryl methyl sites for hydroxylation is 1. The third-order valence-corrected chi connectivity index (χ3v) is 28.5. The van der Waals surface area contributed by atoms with E-state index in [9.17, 15) is 59.1 Å². The van der Waals surface area contributed by atoms with E-state index in [1.54, 1.807) is 35.7 Å². The molecule has 5 aliphatic rings. The van der Waals surface area contributed by atoms with Gasteiger partial charge in [-0.1, -0.05) is 106 Å². The van der Waals surface area contributed by atoms with Crippen LogP contribution in [0.4, 0.5) is 24.5 Å². The highest BCUT2D eigenvalue weighted by Gasteiger charge is 2.49. The maximum Gasteiger partial charge on any atom is 0.501 e. The number of hydrogen-bond acceptors (Lipinski definition) is 21. The summed E-state index contributed by atoms with van der Waals surface area (Å²) in [6, 6.07) is 35.2. The molecular weight excluding hydrogens is 1640 g/mol. The summed E-state index contributed by atoms with van der Waals surface area (Å²) in [5, 5.41) is 23.4. The number of allylic oxidation sites excluding steroid dienone is 1. The van der Waals surface area contributed by atoms with Gasteiger partial charge >= 0.3 is 5.51 Å². The number of alkyl halides is 3. The number of thioether (sulfide) groups is 1. The zero-order valence-corrected chi connectivity index (χ0v) is 73.0. The Bertz CT molecular complexity index is 4930. The fraction of sp³-hybridized carbons (Fsp3) is 0.489. The predicted octanol–water partition coefficient (Wildman–Crippen LogP) is 12.5. The Morgan fingerprint density at radius 1 is 0.750 bits per heavy atom. The van der Waals surface area contributed by atoms with Crippen LogP contribution in [0.3, 0.4) is 0 Å². The molecule has 646 valence electrons. The van der Waals surface area contributed by atoms with Gasteiger partial charge in [0.25, 0.3) is 31.7 Å². The van der Waals surface area contributed by atoms with E-state index < -0.39 is 82.3 Å². The van der Waals surface area contributed by atoms with Crippen LogP contribution in [0, 0.1) is 17.8 Å². The van der Waals surface area contributed by atoms with Gasteiger partial charge in [0.2, 0.25) is 17.7 Å². The number of benzene rings is 5. The Hall–Kier alpha value is -8.34. The predicted molar refractivity (Wildman–Crippen MR) is 464 cm³/mol. The lowest BCUT2D eigenvalue weighted by molar-refractivity contribution is -0.144. The molecule has 0 radical (unpaired) electrons. The molecule has 7 aromatic rings. The number of β-amino-alcohol motifs (C(OH)–C–C–N with tert-alkyl or cyclic N) is 1. The number of ether oxygens (including phenoxy) is 1. The van der Waals surface area contributed by atoms with E-state index in [4.69, 9.17) is 21.3 Å². The number of nitrogens with one attached hydrogen (secondary N) is 5. The highest BCUT2D eigenvalue weighted by atomic mass is 35.5. The van der Waals surface area contributed by atoms with Crippen LogP contribution < -0.4 is 30.9 Å². The molecule has 0 unspecified atom stereocenters. The minimum absolute atomic E-state index is 0.0111. The number of carbonyl (C=O) groups excluding carboxylic acids is 5. The minimum atomic E-state index is -6.11. The quantitative estimate of drug-likeness (QED) is 0.0165. The van der Waals surface area contributed by atoms with Crippen molar-refractivity contribution in [1.29, 1.82) is 0 Å². The number of anilines is 2. The number of aliphatic hydroxyl groups is 1. The second kappa shape index (κ2) is 40.8. The van der Waals surface area contributed by atoms with E-state index in [0.717, 1.165) is 135 Å². The molecule has 4 saturated heterocycles. The van der Waals surface area contributed by atoms with Crippen molar-refractivity contribution in [2.75, 3.05) is 127 Å². The van der Waals surface area contributed by atoms with Crippen molar-refractivity contribution in [1.82, 2.24) is 55.1 Å². The SMILES string of the molecule is Cc1ncsc1-c1ccc([C@H](C)NC(=O)[C@@H]2C[C@@H](O)CN2C(=O)[C@@H](NC(=O)CCCCCNC(=O)c2ccc(CN3CCN(C[C@]4(C)CCC(c5ccc(Cl)cc5)=C(CN5CCN(c6ccc(C(=O)NS(=O)(=O)c7ccc(N[C@H](CCN8CCCOCC8)CSc8ccccc8)c(S(=O)(=O)C(F)(F)F)c7)cc6)CC5)C4)CC3)nc2)C(C)(C)C)cc1. The number of aromatic nitrogens is 2. The van der Waals surface area contributed by atoms with Gasteiger partial charge in [0.1, 0.15) is 17.0 Å². The Labute approximate surface area is 716 Å². The van der Waals surface area contributed by atoms with Crippen LogP contribution in [-0.2, 0) is 45.5 Å². The van der Waals surface area contributed by atoms with Crippen molar-refractivity contribution in [2.24, 2.45) is 10.8 Å². The van der Waals surface area contributed by atoms with Gasteiger partial charge in [-0.15, -0.1) is 23.1 Å². The summed E-state index contributed by atoms with van der Waals surface area (Å²) in [6.07, 6.45) is 6.87. The molecule has 0 spiro atoms. The lowest BCUT2D eigenvalue weighted by atomic mass is 9.71. The lowest BCUT2D eigenvalue weighted by Gasteiger charge is -2.44. The molecule has 120 heavy (non-hydrogen) atoms. The highest BCUT2D eigenvalue weighted by Crippen LogP contribution is 2.45. The second-order valence-corrected chi connectivity index (χ2v) is 39.5. The van der Waals surface area contributed by atoms with Crippen molar-refractivity contribution in [2.45, 2.75) is 163 Å². The maximum absolute atomic E-state index is 14.5. The first-order valence-corrected chi connectivity index (χ1v) is 46.5. The molecule has 2 aromatic heterocycles. The van der Waals surface area contributed by atoms with Crippen molar-refractivity contribution in [3.63, 3.8) is 0 Å². The molecule has 1 aliphatic carbocycles. The normalized spacial score (nSPS) is 19.8. The van der Waals surface area contributed by atoms with Gasteiger partial charge in [0.05, 0.1) is 56.7 Å². The lowest BCUT2D eigenvalue weighted by Crippen LogP contribution is -2.57. The van der Waals surface area contributed by atoms with Crippen molar-refractivity contribution < 1.29 is 63.8 Å². The number of sulfone groups is 1. The van der Waals surface area contributed by atoms with Crippen LogP contribution in [0.15, 0.2) is 165 Å². The average Bonchev–Trinajstić information content (AvgIpc) is 0.951. The molecule has 6 atom stereocenters. The van der Waals surface area contributed by atoms with Crippen LogP contribution in [0.1, 0.15) is 148 Å². The molecule has 32 heteroatoms. The fourth-order valence-electron chi connectivity index (χ4n) is 16.4. The van der Waals surface area contributed by atoms with E-state index >= 15 is 0 Å². The third-order valence-electron chi connectivity index (χ3n) is 23.2. The van der Waals surface area contributed by atoms with E-state index in [0.29, 0.717) is 101 Å². The summed E-state index contributed by atoms with van der Waals surface area (Å²) in [6.45, 7) is 24.0. The summed E-state index contributed by atoms with van der Waals surface area (Å²) in [5.41, 5.74) is 3.81. The number of aliphatic hydroxyl groups excluding tert-OH is 1. The number of piperazine rings is 2. The Morgan fingerprint density at radius 3 is 2.12 bits per heavy atom. The highest BCUT2D eigenvalue weighted by molar-refractivity contribution is 7.99. The Kier molecular flexibility index (Phi) is 30.9. The zero-order valence-electron chi connectivity index (χ0n) is 69.0. The van der Waals surface area contributed by atoms with Gasteiger partial charge in [-0.3, -0.25) is 38.8 Å². The van der Waals surface area contributed by atoms with Crippen molar-refractivity contribution >= 4 is 101 Å². The number of carbonyl (C=O) groups is 5. The zero-order chi connectivity index (χ0) is 85.5. The molecule has 0 bridgehead atoms. The molecule has 0 saturated carbocycles. The van der Waals surface area contributed by atoms with Gasteiger partial charge in [-0.05, 0) is 171 Å². The number of likely N-dealkylation sites (tertiary alicyclic amines) is 1. The molecule has 4 aliphatic heterocycles. The molecule has 24 nitrogen and oxygen atoms in total. The summed E-state index contributed by atoms with van der Waals surface area (Å²) in [5.74, 6) is -2.04. The van der Waals surface area contributed by atoms with Gasteiger partial charge in [-0.2, -0.15) is 13.2 Å². The maximum atomic E-state index is 14.5. The van der Waals surface area contributed by atoms with Crippen LogP contribution in [0.5, 0.6) is 0 Å². The number of thiazole rings is 1. The third kappa shape index (κ3) is 24.3. The van der Waals surface area contributed by atoms with Crippen LogP contribution in [-0.4, -0.2) is 233 Å². The van der Waals surface area contributed by atoms with Crippen LogP contribution >= 0.6 is 34.7 Å². The molecule has 12 rings (SSSR count). The number of pyridine rings is 1. The summed E-state index contributed by atoms with van der Waals surface area (Å²) in [4.78, 5) is 90.6. The Morgan fingerprint density at radius 2 is 1.44 bits per heavy atom. The molecule has 6 N–H and O–H groups in total. The van der Waals surface area contributed by atoms with Crippen molar-refractivity contribution in [3.8, 4) is 10.4 Å². The van der Waals surface area contributed by atoms with Gasteiger partial charge in [0, 0.05) is 163 Å². The van der Waals surface area contributed by atoms with Crippen molar-refractivity contribution in [3.05, 3.63) is 189 Å². The van der Waals surface area contributed by atoms with E-state index in [2.05, 4.69) is 69.8 Å². The summed E-state index contributed by atoms with van der Waals surface area (Å²) >= 11 is 9.42. The number of halogens is 4. The summed E-state index contributed by atoms with van der Waals surface area (Å²) in [7, 11) is -11.0. The first kappa shape index (κ1) is 90.9. The number of amides is 5. The smallest absolute Gasteiger partial charge is 0.391 e. The molecule has 5 aromatic carbocycles. The fourth-order valence-corrected chi connectivity index (χ4v) is 20.3. The van der Waals surface area contributed by atoms with E-state index in [-0.39, 0.29) is 54.1 Å². The number of sulfonamides is 1. The van der Waals surface area contributed by atoms with E-state index in [1.165, 1.54) is 45.5 Å².